The molecule has 3 heterocycles. The molecule has 1 aliphatic heterocycles. The molecule has 1 aliphatic rings. The predicted octanol–water partition coefficient (Wildman–Crippen LogP) is 3.74. The highest BCUT2D eigenvalue weighted by Crippen LogP contribution is 2.37. The topological polar surface area (TPSA) is 107 Å². The van der Waals surface area contributed by atoms with Crippen LogP contribution < -0.4 is 10.5 Å². The molecule has 0 saturated carbocycles. The van der Waals surface area contributed by atoms with Crippen LogP contribution in [-0.2, 0) is 14.8 Å². The van der Waals surface area contributed by atoms with E-state index in [1.807, 2.05) is 54.0 Å². The zero-order valence-electron chi connectivity index (χ0n) is 16.0. The standard InChI is InChI=1S/C22H16N4O3S2/c23-31(28,29)16-8-9-19-17(12-16)18(22(27)24-19)11-14-13-26(15-5-2-1-3-6-15)25-21(14)20-7-4-10-30-20/h1-13H,(H,24,27)(H2,23,28,29). The third-order valence-electron chi connectivity index (χ3n) is 4.92. The van der Waals surface area contributed by atoms with Gasteiger partial charge in [0.1, 0.15) is 5.69 Å². The van der Waals surface area contributed by atoms with Crippen LogP contribution >= 0.6 is 11.3 Å². The number of hydrogen-bond acceptors (Lipinski definition) is 5. The van der Waals surface area contributed by atoms with Gasteiger partial charge in [-0.2, -0.15) is 5.10 Å². The first-order chi connectivity index (χ1) is 14.9. The van der Waals surface area contributed by atoms with Gasteiger partial charge in [-0.3, -0.25) is 4.79 Å². The van der Waals surface area contributed by atoms with Gasteiger partial charge < -0.3 is 5.32 Å². The lowest BCUT2D eigenvalue weighted by Gasteiger charge is -2.02. The first kappa shape index (κ1) is 19.4. The summed E-state index contributed by atoms with van der Waals surface area (Å²) in [6.07, 6.45) is 3.59. The van der Waals surface area contributed by atoms with Gasteiger partial charge in [0.15, 0.2) is 0 Å². The lowest BCUT2D eigenvalue weighted by Crippen LogP contribution is -2.12. The van der Waals surface area contributed by atoms with E-state index in [0.29, 0.717) is 16.8 Å². The molecule has 5 rings (SSSR count). The maximum absolute atomic E-state index is 12.7. The summed E-state index contributed by atoms with van der Waals surface area (Å²) in [5, 5.41) is 14.7. The molecule has 2 aromatic carbocycles. The van der Waals surface area contributed by atoms with Gasteiger partial charge >= 0.3 is 0 Å². The van der Waals surface area contributed by atoms with Crippen molar-refractivity contribution in [3.05, 3.63) is 83.4 Å². The number of fused-ring (bicyclic) bond motifs is 1. The molecular formula is C22H16N4O3S2. The molecular weight excluding hydrogens is 432 g/mol. The van der Waals surface area contributed by atoms with Crippen molar-refractivity contribution in [1.82, 2.24) is 9.78 Å². The Morgan fingerprint density at radius 1 is 1.06 bits per heavy atom. The van der Waals surface area contributed by atoms with E-state index in [2.05, 4.69) is 5.32 Å². The molecule has 0 fully saturated rings. The minimum Gasteiger partial charge on any atom is -0.321 e. The van der Waals surface area contributed by atoms with Gasteiger partial charge in [-0.05, 0) is 47.9 Å². The first-order valence-electron chi connectivity index (χ1n) is 9.29. The molecule has 2 aromatic heterocycles. The molecule has 0 atom stereocenters. The van der Waals surface area contributed by atoms with E-state index in [4.69, 9.17) is 10.2 Å². The molecule has 7 nitrogen and oxygen atoms in total. The Labute approximate surface area is 182 Å². The minimum absolute atomic E-state index is 0.0490. The zero-order valence-corrected chi connectivity index (χ0v) is 17.7. The number of primary sulfonamides is 1. The summed E-state index contributed by atoms with van der Waals surface area (Å²) in [5.74, 6) is -0.314. The molecule has 3 N–H and O–H groups in total. The highest BCUT2D eigenvalue weighted by molar-refractivity contribution is 7.89. The number of nitrogens with zero attached hydrogens (tertiary/aromatic N) is 2. The summed E-state index contributed by atoms with van der Waals surface area (Å²) in [6.45, 7) is 0. The number of para-hydroxylation sites is 1. The number of nitrogens with one attached hydrogen (secondary N) is 1. The van der Waals surface area contributed by atoms with Crippen molar-refractivity contribution >= 4 is 44.6 Å². The largest absolute Gasteiger partial charge is 0.321 e. The van der Waals surface area contributed by atoms with E-state index < -0.39 is 10.0 Å². The molecule has 9 heteroatoms. The summed E-state index contributed by atoms with van der Waals surface area (Å²) < 4.78 is 25.3. The van der Waals surface area contributed by atoms with E-state index in [1.165, 1.54) is 12.1 Å². The van der Waals surface area contributed by atoms with Crippen LogP contribution in [0, 0.1) is 0 Å². The summed E-state index contributed by atoms with van der Waals surface area (Å²) in [4.78, 5) is 13.6. The van der Waals surface area contributed by atoms with Crippen molar-refractivity contribution in [2.75, 3.05) is 5.32 Å². The lowest BCUT2D eigenvalue weighted by atomic mass is 10.0. The van der Waals surface area contributed by atoms with Crippen LogP contribution in [0.1, 0.15) is 11.1 Å². The van der Waals surface area contributed by atoms with Gasteiger partial charge in [-0.25, -0.2) is 18.2 Å². The number of aromatic nitrogens is 2. The van der Waals surface area contributed by atoms with Crippen molar-refractivity contribution in [3.63, 3.8) is 0 Å². The maximum Gasteiger partial charge on any atom is 0.256 e. The summed E-state index contributed by atoms with van der Waals surface area (Å²) >= 11 is 1.55. The molecule has 0 unspecified atom stereocenters. The molecule has 0 spiro atoms. The van der Waals surface area contributed by atoms with Gasteiger partial charge in [0.2, 0.25) is 10.0 Å². The van der Waals surface area contributed by atoms with E-state index in [1.54, 1.807) is 28.2 Å². The van der Waals surface area contributed by atoms with Gasteiger partial charge in [0.25, 0.3) is 5.91 Å². The fourth-order valence-electron chi connectivity index (χ4n) is 3.45. The molecule has 0 bridgehead atoms. The Hall–Kier alpha value is -3.53. The van der Waals surface area contributed by atoms with E-state index in [-0.39, 0.29) is 10.8 Å². The average molecular weight is 449 g/mol. The van der Waals surface area contributed by atoms with Gasteiger partial charge in [0, 0.05) is 28.6 Å². The number of benzene rings is 2. The smallest absolute Gasteiger partial charge is 0.256 e. The van der Waals surface area contributed by atoms with E-state index >= 15 is 0 Å². The molecule has 4 aromatic rings. The van der Waals surface area contributed by atoms with E-state index in [9.17, 15) is 13.2 Å². The maximum atomic E-state index is 12.7. The lowest BCUT2D eigenvalue weighted by molar-refractivity contribution is -0.110. The van der Waals surface area contributed by atoms with Crippen LogP contribution in [0.15, 0.2) is 77.1 Å². The molecule has 0 radical (unpaired) electrons. The number of carbonyl (C=O) groups is 1. The highest BCUT2D eigenvalue weighted by Gasteiger charge is 2.27. The van der Waals surface area contributed by atoms with Crippen LogP contribution in [0.5, 0.6) is 0 Å². The Morgan fingerprint density at radius 2 is 1.87 bits per heavy atom. The number of rotatable bonds is 4. The van der Waals surface area contributed by atoms with Gasteiger partial charge in [-0.1, -0.05) is 24.3 Å². The molecule has 31 heavy (non-hydrogen) atoms. The minimum atomic E-state index is -3.89. The average Bonchev–Trinajstić information content (AvgIpc) is 3.47. The normalized spacial score (nSPS) is 14.6. The Balaban J connectivity index is 1.68. The fraction of sp³-hybridized carbons (Fsp3) is 0. The predicted molar refractivity (Wildman–Crippen MR) is 121 cm³/mol. The van der Waals surface area contributed by atoms with Crippen molar-refractivity contribution in [1.29, 1.82) is 0 Å². The Kier molecular flexibility index (Phi) is 4.58. The van der Waals surface area contributed by atoms with Crippen LogP contribution in [-0.4, -0.2) is 24.1 Å². The monoisotopic (exact) mass is 448 g/mol. The second kappa shape index (κ2) is 7.31. The summed E-state index contributed by atoms with van der Waals surface area (Å²) in [5.41, 5.74) is 3.74. The van der Waals surface area contributed by atoms with E-state index in [0.717, 1.165) is 21.8 Å². The number of hydrogen-bond donors (Lipinski definition) is 2. The van der Waals surface area contributed by atoms with Gasteiger partial charge in [-0.15, -0.1) is 11.3 Å². The second-order valence-electron chi connectivity index (χ2n) is 6.96. The van der Waals surface area contributed by atoms with Crippen LogP contribution in [0.25, 0.3) is 27.9 Å². The van der Waals surface area contributed by atoms with Crippen molar-refractivity contribution in [2.45, 2.75) is 4.90 Å². The SMILES string of the molecule is NS(=O)(=O)c1ccc2c(c1)C(=Cc1cn(-c3ccccc3)nc1-c1cccs1)C(=O)N2. The summed E-state index contributed by atoms with van der Waals surface area (Å²) in [7, 11) is -3.89. The van der Waals surface area contributed by atoms with Crippen molar-refractivity contribution in [3.8, 4) is 16.3 Å². The zero-order chi connectivity index (χ0) is 21.6. The van der Waals surface area contributed by atoms with Crippen LogP contribution in [0.2, 0.25) is 0 Å². The third kappa shape index (κ3) is 3.59. The Morgan fingerprint density at radius 3 is 2.58 bits per heavy atom. The molecule has 154 valence electrons. The summed E-state index contributed by atoms with van der Waals surface area (Å²) in [6, 6.07) is 17.9. The molecule has 0 saturated heterocycles. The van der Waals surface area contributed by atoms with Crippen LogP contribution in [0.3, 0.4) is 0 Å². The fourth-order valence-corrected chi connectivity index (χ4v) is 4.72. The van der Waals surface area contributed by atoms with Crippen molar-refractivity contribution < 1.29 is 13.2 Å². The number of sulfonamides is 1. The molecule has 0 aliphatic carbocycles. The Bertz CT molecular complexity index is 1440. The van der Waals surface area contributed by atoms with Gasteiger partial charge in [0.05, 0.1) is 15.5 Å². The number of thiophene rings is 1. The number of carbonyl (C=O) groups excluding carboxylic acids is 1. The van der Waals surface area contributed by atoms with Crippen LogP contribution in [0.4, 0.5) is 5.69 Å². The highest BCUT2D eigenvalue weighted by atomic mass is 32.2. The number of amides is 1. The quantitative estimate of drug-likeness (QED) is 0.464. The molecule has 1 amide bonds. The number of nitrogens with two attached hydrogens (primary N) is 1. The first-order valence-corrected chi connectivity index (χ1v) is 11.7. The third-order valence-corrected chi connectivity index (χ3v) is 6.71. The van der Waals surface area contributed by atoms with Crippen molar-refractivity contribution in [2.24, 2.45) is 5.14 Å². The second-order valence-corrected chi connectivity index (χ2v) is 9.46. The number of anilines is 1.